The number of nitrogens with one attached hydrogen (secondary N) is 1. The monoisotopic (exact) mass is 581 g/mol. The van der Waals surface area contributed by atoms with Crippen LogP contribution in [0.2, 0.25) is 0 Å². The van der Waals surface area contributed by atoms with Gasteiger partial charge in [-0.3, -0.25) is 4.79 Å². The lowest BCUT2D eigenvalue weighted by molar-refractivity contribution is -0.158. The number of sulfonamides is 1. The number of amides is 2. The molecule has 2 aromatic rings. The first-order valence-corrected chi connectivity index (χ1v) is 14.6. The topological polar surface area (TPSA) is 122 Å². The third kappa shape index (κ3) is 7.93. The molecular weight excluding hydrogens is 549 g/mol. The van der Waals surface area contributed by atoms with Gasteiger partial charge in [-0.1, -0.05) is 24.3 Å². The summed E-state index contributed by atoms with van der Waals surface area (Å²) in [4.78, 5) is 38.9. The zero-order valence-corrected chi connectivity index (χ0v) is 24.0. The molecule has 0 radical (unpaired) electrons. The van der Waals surface area contributed by atoms with Crippen molar-refractivity contribution < 1.29 is 36.7 Å². The predicted octanol–water partition coefficient (Wildman–Crippen LogP) is 3.02. The molecule has 13 heteroatoms. The summed E-state index contributed by atoms with van der Waals surface area (Å²) in [5, 5.41) is 2.64. The van der Waals surface area contributed by atoms with Crippen LogP contribution in [-0.4, -0.2) is 79.0 Å². The Morgan fingerprint density at radius 3 is 2.36 bits per heavy atom. The van der Waals surface area contributed by atoms with Crippen molar-refractivity contribution in [1.82, 2.24) is 14.5 Å². The highest BCUT2D eigenvalue weighted by atomic mass is 32.2. The van der Waals surface area contributed by atoms with Crippen molar-refractivity contribution >= 4 is 39.8 Å². The third-order valence-corrected chi connectivity index (χ3v) is 8.57. The second-order valence-corrected chi connectivity index (χ2v) is 12.9. The first kappa shape index (κ1) is 30.4. The van der Waals surface area contributed by atoms with E-state index in [0.29, 0.717) is 11.3 Å². The van der Waals surface area contributed by atoms with Gasteiger partial charge in [-0.05, 0) is 50.6 Å². The average molecular weight is 582 g/mol. The first-order chi connectivity index (χ1) is 18.2. The summed E-state index contributed by atoms with van der Waals surface area (Å²) in [5.41, 5.74) is -0.208. The minimum absolute atomic E-state index is 0.0302. The summed E-state index contributed by atoms with van der Waals surface area (Å²) < 4.78 is 52.3. The van der Waals surface area contributed by atoms with Crippen molar-refractivity contribution in [2.45, 2.75) is 49.8 Å². The molecule has 1 fully saturated rings. The van der Waals surface area contributed by atoms with E-state index in [9.17, 15) is 27.2 Å². The molecule has 1 heterocycles. The van der Waals surface area contributed by atoms with Crippen LogP contribution in [0, 0.1) is 5.82 Å². The van der Waals surface area contributed by atoms with Gasteiger partial charge in [0.15, 0.2) is 0 Å². The second-order valence-electron chi connectivity index (χ2n) is 10.0. The fraction of sp³-hybridized carbons (Fsp3) is 0.423. The van der Waals surface area contributed by atoms with Gasteiger partial charge >= 0.3 is 12.1 Å². The number of carbonyl (C=O) groups is 3. The van der Waals surface area contributed by atoms with E-state index in [4.69, 9.17) is 9.47 Å². The predicted molar refractivity (Wildman–Crippen MR) is 144 cm³/mol. The number of rotatable bonds is 8. The largest absolute Gasteiger partial charge is 0.458 e. The molecule has 0 unspecified atom stereocenters. The van der Waals surface area contributed by atoms with E-state index >= 15 is 0 Å². The molecule has 212 valence electrons. The lowest BCUT2D eigenvalue weighted by Gasteiger charge is -2.27. The van der Waals surface area contributed by atoms with Gasteiger partial charge in [0.1, 0.15) is 34.1 Å². The van der Waals surface area contributed by atoms with Crippen molar-refractivity contribution in [2.75, 3.05) is 25.7 Å². The van der Waals surface area contributed by atoms with E-state index < -0.39 is 56.4 Å². The zero-order valence-electron chi connectivity index (χ0n) is 22.3. The standard InChI is InChI=1S/C26H32FN3O7S2/c1-26(2,3)37-24(32)20(14-17-10-12-18(13-11-17)36-25(33)29(4)5)28-23(31)21-15-38-16-30(21)39(34,35)22-9-7-6-8-19(22)27/h6-13,20-21H,14-16H2,1-5H3,(H,28,31)/t20-,21-/m0/s1. The molecule has 0 bridgehead atoms. The Hall–Kier alpha value is -3.16. The Kier molecular flexibility index (Phi) is 9.62. The number of ether oxygens (including phenoxy) is 2. The van der Waals surface area contributed by atoms with Gasteiger partial charge in [-0.25, -0.2) is 22.4 Å². The van der Waals surface area contributed by atoms with Crippen molar-refractivity contribution in [3.05, 3.63) is 59.9 Å². The molecule has 0 spiro atoms. The number of hydrogen-bond donors (Lipinski definition) is 1. The molecule has 0 aromatic heterocycles. The molecule has 10 nitrogen and oxygen atoms in total. The first-order valence-electron chi connectivity index (χ1n) is 12.0. The number of esters is 1. The maximum absolute atomic E-state index is 14.3. The minimum Gasteiger partial charge on any atom is -0.458 e. The zero-order chi connectivity index (χ0) is 29.0. The number of halogens is 1. The van der Waals surface area contributed by atoms with E-state index in [1.807, 2.05) is 0 Å². The number of thioether (sulfide) groups is 1. The highest BCUT2D eigenvalue weighted by Gasteiger charge is 2.42. The Morgan fingerprint density at radius 2 is 1.77 bits per heavy atom. The normalized spacial score (nSPS) is 16.8. The van der Waals surface area contributed by atoms with Gasteiger partial charge in [0.25, 0.3) is 0 Å². The molecule has 0 aliphatic carbocycles. The third-order valence-electron chi connectivity index (χ3n) is 5.51. The lowest BCUT2D eigenvalue weighted by atomic mass is 10.0. The average Bonchev–Trinajstić information content (AvgIpc) is 3.35. The van der Waals surface area contributed by atoms with Crippen LogP contribution in [0.1, 0.15) is 26.3 Å². The summed E-state index contributed by atoms with van der Waals surface area (Å²) >= 11 is 1.21. The fourth-order valence-corrected chi connectivity index (χ4v) is 6.82. The van der Waals surface area contributed by atoms with E-state index in [2.05, 4.69) is 5.32 Å². The highest BCUT2D eigenvalue weighted by molar-refractivity contribution is 8.00. The van der Waals surface area contributed by atoms with Crippen LogP contribution in [0.25, 0.3) is 0 Å². The molecule has 2 amide bonds. The lowest BCUT2D eigenvalue weighted by Crippen LogP contribution is -2.53. The number of benzene rings is 2. The molecule has 39 heavy (non-hydrogen) atoms. The van der Waals surface area contributed by atoms with Crippen molar-refractivity contribution in [2.24, 2.45) is 0 Å². The maximum Gasteiger partial charge on any atom is 0.414 e. The number of nitrogens with zero attached hydrogens (tertiary/aromatic N) is 2. The fourth-order valence-electron chi connectivity index (χ4n) is 3.61. The van der Waals surface area contributed by atoms with Gasteiger partial charge in [-0.15, -0.1) is 11.8 Å². The van der Waals surface area contributed by atoms with Gasteiger partial charge in [-0.2, -0.15) is 4.31 Å². The molecule has 2 atom stereocenters. The van der Waals surface area contributed by atoms with Crippen molar-refractivity contribution in [3.8, 4) is 5.75 Å². The highest BCUT2D eigenvalue weighted by Crippen LogP contribution is 2.30. The van der Waals surface area contributed by atoms with E-state index in [1.54, 1.807) is 59.1 Å². The molecule has 3 rings (SSSR count). The van der Waals surface area contributed by atoms with Gasteiger partial charge in [0.2, 0.25) is 15.9 Å². The SMILES string of the molecule is CN(C)C(=O)Oc1ccc(C[C@H](NC(=O)[C@@H]2CSCN2S(=O)(=O)c2ccccc2F)C(=O)OC(C)(C)C)cc1. The Balaban J connectivity index is 1.81. The smallest absolute Gasteiger partial charge is 0.414 e. The molecule has 1 N–H and O–H groups in total. The summed E-state index contributed by atoms with van der Waals surface area (Å²) in [7, 11) is -1.21. The second kappa shape index (κ2) is 12.3. The van der Waals surface area contributed by atoms with Crippen LogP contribution in [0.4, 0.5) is 9.18 Å². The molecule has 1 aliphatic heterocycles. The van der Waals surface area contributed by atoms with Crippen LogP contribution in [0.3, 0.4) is 0 Å². The number of carbonyl (C=O) groups excluding carboxylic acids is 3. The summed E-state index contributed by atoms with van der Waals surface area (Å²) in [5.74, 6) is -1.93. The van der Waals surface area contributed by atoms with Crippen LogP contribution in [-0.2, 0) is 30.8 Å². The number of hydrogen-bond acceptors (Lipinski definition) is 8. The molecule has 1 aliphatic rings. The van der Waals surface area contributed by atoms with Crippen LogP contribution in [0.5, 0.6) is 5.75 Å². The maximum atomic E-state index is 14.3. The molecular formula is C26H32FN3O7S2. The quantitative estimate of drug-likeness (QED) is 0.472. The Bertz CT molecular complexity index is 1310. The van der Waals surface area contributed by atoms with Crippen molar-refractivity contribution in [3.63, 3.8) is 0 Å². The minimum atomic E-state index is -4.31. The van der Waals surface area contributed by atoms with Crippen LogP contribution in [0.15, 0.2) is 53.4 Å². The Morgan fingerprint density at radius 1 is 1.13 bits per heavy atom. The van der Waals surface area contributed by atoms with Crippen molar-refractivity contribution in [1.29, 1.82) is 0 Å². The van der Waals surface area contributed by atoms with E-state index in [-0.39, 0.29) is 18.1 Å². The van der Waals surface area contributed by atoms with Crippen LogP contribution >= 0.6 is 11.8 Å². The molecule has 2 aromatic carbocycles. The molecule has 0 saturated carbocycles. The van der Waals surface area contributed by atoms with Crippen LogP contribution < -0.4 is 10.1 Å². The van der Waals surface area contributed by atoms with Gasteiger partial charge in [0, 0.05) is 26.3 Å². The van der Waals surface area contributed by atoms with Gasteiger partial charge in [0.05, 0.1) is 5.88 Å². The summed E-state index contributed by atoms with van der Waals surface area (Å²) in [6.45, 7) is 5.07. The summed E-state index contributed by atoms with van der Waals surface area (Å²) in [6, 6.07) is 9.06. The summed E-state index contributed by atoms with van der Waals surface area (Å²) in [6.07, 6.45) is -0.520. The Labute approximate surface area is 231 Å². The van der Waals surface area contributed by atoms with E-state index in [0.717, 1.165) is 16.4 Å². The molecule has 1 saturated heterocycles. The van der Waals surface area contributed by atoms with E-state index in [1.165, 1.54) is 28.8 Å². The van der Waals surface area contributed by atoms with Gasteiger partial charge < -0.3 is 19.7 Å².